The third kappa shape index (κ3) is 4.75. The first-order valence-corrected chi connectivity index (χ1v) is 8.84. The highest BCUT2D eigenvalue weighted by Gasteiger charge is 2.04. The van der Waals surface area contributed by atoms with E-state index in [1.165, 1.54) is 0 Å². The molecule has 0 saturated carbocycles. The number of nitrogens with zero attached hydrogens (tertiary/aromatic N) is 3. The average Bonchev–Trinajstić information content (AvgIpc) is 2.69. The summed E-state index contributed by atoms with van der Waals surface area (Å²) in [7, 11) is 0. The van der Waals surface area contributed by atoms with Crippen LogP contribution in [0.4, 0.5) is 0 Å². The van der Waals surface area contributed by atoms with Gasteiger partial charge >= 0.3 is 0 Å². The van der Waals surface area contributed by atoms with Gasteiger partial charge in [0.15, 0.2) is 0 Å². The Bertz CT molecular complexity index is 922. The maximum Gasteiger partial charge on any atom is 0.261 e. The van der Waals surface area contributed by atoms with Gasteiger partial charge in [-0.15, -0.1) is 0 Å². The first-order valence-electron chi connectivity index (χ1n) is 8.84. The zero-order valence-corrected chi connectivity index (χ0v) is 14.6. The number of amides is 1. The lowest BCUT2D eigenvalue weighted by molar-refractivity contribution is -0.121. The van der Waals surface area contributed by atoms with Gasteiger partial charge in [0, 0.05) is 31.9 Å². The molecule has 6 nitrogen and oxygen atoms in total. The van der Waals surface area contributed by atoms with E-state index in [2.05, 4.69) is 15.3 Å². The van der Waals surface area contributed by atoms with E-state index in [1.54, 1.807) is 29.4 Å². The molecule has 0 aliphatic rings. The third-order valence-corrected chi connectivity index (χ3v) is 4.25. The van der Waals surface area contributed by atoms with Crippen molar-refractivity contribution in [1.82, 2.24) is 19.9 Å². The molecule has 0 spiro atoms. The van der Waals surface area contributed by atoms with Crippen molar-refractivity contribution in [3.8, 4) is 0 Å². The van der Waals surface area contributed by atoms with Crippen LogP contribution in [0.1, 0.15) is 31.2 Å². The third-order valence-electron chi connectivity index (χ3n) is 4.25. The molecule has 3 rings (SSSR count). The molecule has 26 heavy (non-hydrogen) atoms. The first kappa shape index (κ1) is 17.8. The predicted molar refractivity (Wildman–Crippen MR) is 101 cm³/mol. The fourth-order valence-electron chi connectivity index (χ4n) is 2.80. The van der Waals surface area contributed by atoms with Gasteiger partial charge in [-0.3, -0.25) is 19.1 Å². The largest absolute Gasteiger partial charge is 0.352 e. The van der Waals surface area contributed by atoms with Crippen molar-refractivity contribution in [3.05, 3.63) is 71.0 Å². The molecular weight excluding hydrogens is 328 g/mol. The highest BCUT2D eigenvalue weighted by molar-refractivity contribution is 5.77. The normalized spacial score (nSPS) is 10.8. The molecule has 0 atom stereocenters. The Morgan fingerprint density at radius 1 is 1.08 bits per heavy atom. The Labute approximate surface area is 151 Å². The summed E-state index contributed by atoms with van der Waals surface area (Å²) in [6, 6.07) is 11.1. The van der Waals surface area contributed by atoms with Crippen molar-refractivity contribution in [3.63, 3.8) is 0 Å². The van der Waals surface area contributed by atoms with Gasteiger partial charge in [0.1, 0.15) is 0 Å². The molecule has 2 heterocycles. The lowest BCUT2D eigenvalue weighted by atomic mass is 10.2. The Hall–Kier alpha value is -3.02. The Kier molecular flexibility index (Phi) is 6.09. The lowest BCUT2D eigenvalue weighted by Crippen LogP contribution is -2.22. The molecule has 0 saturated heterocycles. The van der Waals surface area contributed by atoms with Crippen molar-refractivity contribution < 1.29 is 4.79 Å². The van der Waals surface area contributed by atoms with Crippen molar-refractivity contribution in [2.24, 2.45) is 0 Å². The number of hydrogen-bond acceptors (Lipinski definition) is 4. The van der Waals surface area contributed by atoms with Crippen molar-refractivity contribution in [2.75, 3.05) is 0 Å². The number of benzene rings is 1. The van der Waals surface area contributed by atoms with E-state index >= 15 is 0 Å². The first-order chi connectivity index (χ1) is 12.7. The van der Waals surface area contributed by atoms with E-state index in [4.69, 9.17) is 0 Å². The number of pyridine rings is 1. The van der Waals surface area contributed by atoms with Crippen molar-refractivity contribution in [1.29, 1.82) is 0 Å². The summed E-state index contributed by atoms with van der Waals surface area (Å²) in [5.74, 6) is 0.0402. The van der Waals surface area contributed by atoms with Crippen LogP contribution in [-0.4, -0.2) is 20.4 Å². The van der Waals surface area contributed by atoms with Crippen LogP contribution in [0.15, 0.2) is 59.9 Å². The summed E-state index contributed by atoms with van der Waals surface area (Å²) in [5, 5.41) is 3.54. The summed E-state index contributed by atoms with van der Waals surface area (Å²) in [6.07, 6.45) is 8.08. The minimum absolute atomic E-state index is 0.00943. The summed E-state index contributed by atoms with van der Waals surface area (Å²) in [5.41, 5.74) is 1.70. The maximum atomic E-state index is 12.4. The molecule has 3 aromatic rings. The number of rotatable bonds is 8. The Morgan fingerprint density at radius 3 is 2.81 bits per heavy atom. The van der Waals surface area contributed by atoms with E-state index in [1.807, 2.05) is 30.3 Å². The summed E-state index contributed by atoms with van der Waals surface area (Å²) in [4.78, 5) is 32.6. The minimum atomic E-state index is -0.00943. The fourth-order valence-corrected chi connectivity index (χ4v) is 2.80. The van der Waals surface area contributed by atoms with Crippen LogP contribution >= 0.6 is 0 Å². The van der Waals surface area contributed by atoms with Crippen LogP contribution in [0.5, 0.6) is 0 Å². The van der Waals surface area contributed by atoms with Crippen LogP contribution in [-0.2, 0) is 17.9 Å². The second-order valence-electron chi connectivity index (χ2n) is 6.21. The highest BCUT2D eigenvalue weighted by Crippen LogP contribution is 2.06. The number of unbranched alkanes of at least 4 members (excludes halogenated alkanes) is 2. The molecule has 1 amide bonds. The number of nitrogens with one attached hydrogen (secondary N) is 1. The van der Waals surface area contributed by atoms with Crippen molar-refractivity contribution >= 4 is 16.8 Å². The summed E-state index contributed by atoms with van der Waals surface area (Å²) >= 11 is 0. The molecule has 6 heteroatoms. The fraction of sp³-hybridized carbons (Fsp3) is 0.300. The second-order valence-corrected chi connectivity index (χ2v) is 6.21. The number of fused-ring (bicyclic) bond motifs is 1. The van der Waals surface area contributed by atoms with Crippen LogP contribution < -0.4 is 10.9 Å². The standard InChI is InChI=1S/C20H22N4O2/c25-19(22-14-16-7-6-11-21-13-16)10-2-1-5-12-24-15-23-18-9-4-3-8-17(18)20(24)26/h3-4,6-9,11,13,15H,1-2,5,10,12,14H2,(H,22,25). The molecule has 0 unspecified atom stereocenters. The zero-order chi connectivity index (χ0) is 18.2. The molecular formula is C20H22N4O2. The molecule has 2 aromatic heterocycles. The van der Waals surface area contributed by atoms with Gasteiger partial charge < -0.3 is 5.32 Å². The SMILES string of the molecule is O=C(CCCCCn1cnc2ccccc2c1=O)NCc1cccnc1. The van der Waals surface area contributed by atoms with Gasteiger partial charge in [-0.1, -0.05) is 24.6 Å². The number of aromatic nitrogens is 3. The van der Waals surface area contributed by atoms with Crippen molar-refractivity contribution in [2.45, 2.75) is 38.8 Å². The highest BCUT2D eigenvalue weighted by atomic mass is 16.1. The van der Waals surface area contributed by atoms with Gasteiger partial charge in [0.05, 0.1) is 17.2 Å². The number of hydrogen-bond donors (Lipinski definition) is 1. The van der Waals surface area contributed by atoms with E-state index in [0.717, 1.165) is 30.3 Å². The molecule has 0 fully saturated rings. The van der Waals surface area contributed by atoms with E-state index < -0.39 is 0 Å². The van der Waals surface area contributed by atoms with Crippen LogP contribution in [0.25, 0.3) is 10.9 Å². The van der Waals surface area contributed by atoms with Gasteiger partial charge in [0.25, 0.3) is 5.56 Å². The number of carbonyl (C=O) groups is 1. The number of carbonyl (C=O) groups excluding carboxylic acids is 1. The summed E-state index contributed by atoms with van der Waals surface area (Å²) in [6.45, 7) is 1.12. The van der Waals surface area contributed by atoms with E-state index in [-0.39, 0.29) is 11.5 Å². The molecule has 0 bridgehead atoms. The average molecular weight is 350 g/mol. The van der Waals surface area contributed by atoms with Crippen LogP contribution in [0.3, 0.4) is 0 Å². The molecule has 0 radical (unpaired) electrons. The molecule has 0 aliphatic carbocycles. The quantitative estimate of drug-likeness (QED) is 0.634. The Morgan fingerprint density at radius 2 is 1.96 bits per heavy atom. The van der Waals surface area contributed by atoms with Gasteiger partial charge in [-0.2, -0.15) is 0 Å². The number of para-hydroxylation sites is 1. The predicted octanol–water partition coefficient (Wildman–Crippen LogP) is 2.67. The van der Waals surface area contributed by atoms with Gasteiger partial charge in [-0.25, -0.2) is 4.98 Å². The maximum absolute atomic E-state index is 12.4. The smallest absolute Gasteiger partial charge is 0.261 e. The minimum Gasteiger partial charge on any atom is -0.352 e. The number of aryl methyl sites for hydroxylation is 1. The van der Waals surface area contributed by atoms with Gasteiger partial charge in [-0.05, 0) is 36.6 Å². The lowest BCUT2D eigenvalue weighted by Gasteiger charge is -2.07. The van der Waals surface area contributed by atoms with E-state index in [0.29, 0.717) is 24.9 Å². The monoisotopic (exact) mass is 350 g/mol. The van der Waals surface area contributed by atoms with Crippen LogP contribution in [0, 0.1) is 0 Å². The van der Waals surface area contributed by atoms with Crippen LogP contribution in [0.2, 0.25) is 0 Å². The molecule has 0 aliphatic heterocycles. The summed E-state index contributed by atoms with van der Waals surface area (Å²) < 4.78 is 1.64. The molecule has 1 N–H and O–H groups in total. The van der Waals surface area contributed by atoms with E-state index in [9.17, 15) is 9.59 Å². The second kappa shape index (κ2) is 8.89. The topological polar surface area (TPSA) is 76.9 Å². The zero-order valence-electron chi connectivity index (χ0n) is 14.6. The Balaban J connectivity index is 1.38. The van der Waals surface area contributed by atoms with Gasteiger partial charge in [0.2, 0.25) is 5.91 Å². The molecule has 1 aromatic carbocycles. The molecule has 134 valence electrons.